The summed E-state index contributed by atoms with van der Waals surface area (Å²) in [5.74, 6) is 0.703. The van der Waals surface area contributed by atoms with Gasteiger partial charge in [0.05, 0.1) is 16.8 Å². The van der Waals surface area contributed by atoms with Crippen LogP contribution in [0.3, 0.4) is 0 Å². The molecule has 2 heteroatoms. The first-order valence-corrected chi connectivity index (χ1v) is 20.2. The van der Waals surface area contributed by atoms with Gasteiger partial charge < -0.3 is 0 Å². The van der Waals surface area contributed by atoms with E-state index in [4.69, 9.17) is 9.97 Å². The number of aromatic nitrogens is 2. The molecule has 8 aromatic carbocycles. The van der Waals surface area contributed by atoms with Crippen LogP contribution in [-0.2, 0) is 10.8 Å². The van der Waals surface area contributed by atoms with Gasteiger partial charge in [0.1, 0.15) is 0 Å². The Balaban J connectivity index is 1.25. The molecule has 1 heterocycles. The third-order valence-corrected chi connectivity index (χ3v) is 12.6. The van der Waals surface area contributed by atoms with E-state index < -0.39 is 5.41 Å². The van der Waals surface area contributed by atoms with Gasteiger partial charge in [-0.1, -0.05) is 196 Å². The van der Waals surface area contributed by atoms with Crippen LogP contribution in [0.1, 0.15) is 47.2 Å². The molecule has 9 aromatic rings. The summed E-state index contributed by atoms with van der Waals surface area (Å²) >= 11 is 0. The third-order valence-electron chi connectivity index (χ3n) is 12.6. The Labute approximate surface area is 340 Å². The first kappa shape index (κ1) is 34.1. The van der Waals surface area contributed by atoms with Gasteiger partial charge in [-0.15, -0.1) is 0 Å². The quantitative estimate of drug-likeness (QED) is 0.170. The summed E-state index contributed by atoms with van der Waals surface area (Å²) in [4.78, 5) is 10.7. The Morgan fingerprint density at radius 3 is 1.48 bits per heavy atom. The van der Waals surface area contributed by atoms with Crippen LogP contribution in [0.15, 0.2) is 206 Å². The van der Waals surface area contributed by atoms with E-state index in [-0.39, 0.29) is 5.41 Å². The standard InChI is InChI=1S/C56H40N2/c1-55(2)48-29-17-15-27-42(48)44-32-31-39(33-50(44)55)45-34-46-43-28-16-18-30-49(43)56(40-23-11-5-12-24-40,41-25-13-6-14-26-41)51(46)35-47(45)53-36-52(37-19-7-3-8-20-37)57-54(58-53)38-21-9-4-10-22-38/h3-36H,1-2H3. The first-order chi connectivity index (χ1) is 28.5. The van der Waals surface area contributed by atoms with Crippen molar-refractivity contribution in [2.75, 3.05) is 0 Å². The van der Waals surface area contributed by atoms with Gasteiger partial charge >= 0.3 is 0 Å². The molecule has 0 atom stereocenters. The Morgan fingerprint density at radius 2 is 0.828 bits per heavy atom. The summed E-state index contributed by atoms with van der Waals surface area (Å²) in [7, 11) is 0. The zero-order valence-corrected chi connectivity index (χ0v) is 32.5. The van der Waals surface area contributed by atoms with Gasteiger partial charge in [0.25, 0.3) is 0 Å². The summed E-state index contributed by atoms with van der Waals surface area (Å²) in [5, 5.41) is 0. The summed E-state index contributed by atoms with van der Waals surface area (Å²) in [6.45, 7) is 4.72. The highest BCUT2D eigenvalue weighted by Gasteiger charge is 2.46. The summed E-state index contributed by atoms with van der Waals surface area (Å²) in [6, 6.07) is 75.0. The number of hydrogen-bond donors (Lipinski definition) is 0. The van der Waals surface area contributed by atoms with Crippen molar-refractivity contribution in [1.29, 1.82) is 0 Å². The number of nitrogens with zero attached hydrogens (tertiary/aromatic N) is 2. The number of rotatable bonds is 6. The van der Waals surface area contributed by atoms with Crippen molar-refractivity contribution < 1.29 is 0 Å². The molecule has 2 aliphatic rings. The fourth-order valence-electron chi connectivity index (χ4n) is 9.87. The minimum absolute atomic E-state index is 0.142. The average Bonchev–Trinajstić information content (AvgIpc) is 3.72. The van der Waals surface area contributed by atoms with E-state index in [0.29, 0.717) is 5.82 Å². The van der Waals surface area contributed by atoms with Crippen molar-refractivity contribution in [3.8, 4) is 67.3 Å². The molecule has 0 saturated carbocycles. The maximum absolute atomic E-state index is 5.48. The summed E-state index contributed by atoms with van der Waals surface area (Å²) in [6.07, 6.45) is 0. The van der Waals surface area contributed by atoms with Gasteiger partial charge in [0.2, 0.25) is 0 Å². The van der Waals surface area contributed by atoms with Crippen molar-refractivity contribution >= 4 is 0 Å². The van der Waals surface area contributed by atoms with Crippen LogP contribution in [0.25, 0.3) is 67.3 Å². The lowest BCUT2D eigenvalue weighted by Gasteiger charge is -2.34. The molecule has 0 N–H and O–H groups in total. The molecule has 274 valence electrons. The lowest BCUT2D eigenvalue weighted by Crippen LogP contribution is -2.28. The second kappa shape index (κ2) is 13.2. The SMILES string of the molecule is CC1(C)c2ccccc2-c2ccc(-c3cc4c(cc3-c3cc(-c5ccccc5)nc(-c5ccccc5)n3)C(c3ccccc3)(c3ccccc3)c3ccccc3-4)cc21. The van der Waals surface area contributed by atoms with E-state index in [1.54, 1.807) is 0 Å². The predicted molar refractivity (Wildman–Crippen MR) is 239 cm³/mol. The Morgan fingerprint density at radius 1 is 0.310 bits per heavy atom. The molecule has 0 aliphatic heterocycles. The Bertz CT molecular complexity index is 2910. The largest absolute Gasteiger partial charge is 0.228 e. The van der Waals surface area contributed by atoms with Crippen molar-refractivity contribution in [3.05, 3.63) is 240 Å². The fraction of sp³-hybridized carbons (Fsp3) is 0.0714. The van der Waals surface area contributed by atoms with Crippen LogP contribution >= 0.6 is 0 Å². The molecule has 0 fully saturated rings. The maximum Gasteiger partial charge on any atom is 0.160 e. The number of hydrogen-bond acceptors (Lipinski definition) is 2. The van der Waals surface area contributed by atoms with Gasteiger partial charge in [0.15, 0.2) is 5.82 Å². The number of benzene rings is 8. The molecule has 0 bridgehead atoms. The van der Waals surface area contributed by atoms with E-state index in [9.17, 15) is 0 Å². The van der Waals surface area contributed by atoms with E-state index >= 15 is 0 Å². The summed E-state index contributed by atoms with van der Waals surface area (Å²) < 4.78 is 0. The normalized spacial score (nSPS) is 14.0. The van der Waals surface area contributed by atoms with E-state index in [0.717, 1.165) is 33.6 Å². The molecular weight excluding hydrogens is 701 g/mol. The van der Waals surface area contributed by atoms with Crippen LogP contribution in [0, 0.1) is 0 Å². The highest BCUT2D eigenvalue weighted by atomic mass is 14.9. The average molecular weight is 741 g/mol. The molecule has 0 radical (unpaired) electrons. The molecule has 0 spiro atoms. The van der Waals surface area contributed by atoms with Crippen molar-refractivity contribution in [3.63, 3.8) is 0 Å². The molecule has 11 rings (SSSR count). The van der Waals surface area contributed by atoms with Crippen LogP contribution in [0.4, 0.5) is 0 Å². The second-order valence-electron chi connectivity index (χ2n) is 16.1. The maximum atomic E-state index is 5.48. The molecule has 0 unspecified atom stereocenters. The van der Waals surface area contributed by atoms with Crippen molar-refractivity contribution in [1.82, 2.24) is 9.97 Å². The lowest BCUT2D eigenvalue weighted by molar-refractivity contribution is 0.660. The molecule has 2 nitrogen and oxygen atoms in total. The van der Waals surface area contributed by atoms with Crippen LogP contribution < -0.4 is 0 Å². The third kappa shape index (κ3) is 5.11. The minimum atomic E-state index is -0.555. The zero-order valence-electron chi connectivity index (χ0n) is 32.5. The Kier molecular flexibility index (Phi) is 7.78. The zero-order chi connectivity index (χ0) is 38.8. The van der Waals surface area contributed by atoms with Crippen molar-refractivity contribution in [2.24, 2.45) is 0 Å². The van der Waals surface area contributed by atoms with Crippen molar-refractivity contribution in [2.45, 2.75) is 24.7 Å². The molecule has 2 aliphatic carbocycles. The molecule has 1 aromatic heterocycles. The smallest absolute Gasteiger partial charge is 0.160 e. The van der Waals surface area contributed by atoms with Crippen LogP contribution in [-0.4, -0.2) is 9.97 Å². The fourth-order valence-corrected chi connectivity index (χ4v) is 9.87. The topological polar surface area (TPSA) is 25.8 Å². The van der Waals surface area contributed by atoms with E-state index in [1.165, 1.54) is 61.2 Å². The number of fused-ring (bicyclic) bond motifs is 6. The van der Waals surface area contributed by atoms with Gasteiger partial charge in [-0.25, -0.2) is 9.97 Å². The Hall–Kier alpha value is -7.16. The first-order valence-electron chi connectivity index (χ1n) is 20.2. The molecule has 0 saturated heterocycles. The van der Waals surface area contributed by atoms with E-state index in [1.807, 2.05) is 6.07 Å². The second-order valence-corrected chi connectivity index (χ2v) is 16.1. The van der Waals surface area contributed by atoms with Crippen LogP contribution in [0.2, 0.25) is 0 Å². The van der Waals surface area contributed by atoms with E-state index in [2.05, 4.69) is 214 Å². The minimum Gasteiger partial charge on any atom is -0.228 e. The van der Waals surface area contributed by atoms with Gasteiger partial charge in [-0.3, -0.25) is 0 Å². The predicted octanol–water partition coefficient (Wildman–Crippen LogP) is 13.8. The lowest BCUT2D eigenvalue weighted by atomic mass is 9.67. The van der Waals surface area contributed by atoms with Gasteiger partial charge in [-0.05, 0) is 91.0 Å². The van der Waals surface area contributed by atoms with Gasteiger partial charge in [-0.2, -0.15) is 0 Å². The molecular formula is C56H40N2. The highest BCUT2D eigenvalue weighted by molar-refractivity contribution is 5.96. The molecule has 0 amide bonds. The van der Waals surface area contributed by atoms with Crippen LogP contribution in [0.5, 0.6) is 0 Å². The summed E-state index contributed by atoms with van der Waals surface area (Å²) in [5.41, 5.74) is 19.4. The van der Waals surface area contributed by atoms with Gasteiger partial charge in [0, 0.05) is 22.1 Å². The highest BCUT2D eigenvalue weighted by Crippen LogP contribution is 2.58. The monoisotopic (exact) mass is 740 g/mol. The molecule has 58 heavy (non-hydrogen) atoms.